The first-order valence-electron chi connectivity index (χ1n) is 11.8. The van der Waals surface area contributed by atoms with E-state index in [2.05, 4.69) is 5.32 Å². The molecule has 0 spiro atoms. The minimum absolute atomic E-state index is 0.0310. The maximum absolute atomic E-state index is 13.1. The normalized spacial score (nSPS) is 23.0. The lowest BCUT2D eigenvalue weighted by atomic mass is 10.1. The number of benzene rings is 1. The van der Waals surface area contributed by atoms with Crippen LogP contribution in [0.3, 0.4) is 0 Å². The average molecular weight is 464 g/mol. The number of hydrogen-bond acceptors (Lipinski definition) is 5. The van der Waals surface area contributed by atoms with E-state index in [1.165, 1.54) is 16.4 Å². The molecule has 0 radical (unpaired) electrons. The smallest absolute Gasteiger partial charge is 0.243 e. The Kier molecular flexibility index (Phi) is 7.05. The number of nitrogens with zero attached hydrogens (tertiary/aromatic N) is 2. The largest absolute Gasteiger partial charge is 0.492 e. The number of hydrogen-bond donors (Lipinski definition) is 1. The molecule has 1 aliphatic carbocycles. The molecule has 1 N–H and O–H groups in total. The Morgan fingerprint density at radius 2 is 1.84 bits per heavy atom. The number of sulfonamides is 1. The van der Waals surface area contributed by atoms with E-state index >= 15 is 0 Å². The molecule has 9 heteroatoms. The van der Waals surface area contributed by atoms with E-state index in [0.29, 0.717) is 37.7 Å². The molecule has 32 heavy (non-hydrogen) atoms. The maximum atomic E-state index is 13.1. The zero-order valence-corrected chi connectivity index (χ0v) is 19.5. The van der Waals surface area contributed by atoms with Crippen molar-refractivity contribution in [2.24, 2.45) is 5.92 Å². The highest BCUT2D eigenvalue weighted by molar-refractivity contribution is 7.89. The molecule has 2 saturated heterocycles. The van der Waals surface area contributed by atoms with Crippen LogP contribution in [0.1, 0.15) is 58.3 Å². The van der Waals surface area contributed by atoms with Gasteiger partial charge in [0, 0.05) is 32.1 Å². The molecule has 1 atom stereocenters. The van der Waals surface area contributed by atoms with Gasteiger partial charge in [-0.2, -0.15) is 4.31 Å². The van der Waals surface area contributed by atoms with Crippen molar-refractivity contribution in [3.05, 3.63) is 18.2 Å². The lowest BCUT2D eigenvalue weighted by Crippen LogP contribution is -2.36. The van der Waals surface area contributed by atoms with Crippen molar-refractivity contribution in [1.29, 1.82) is 0 Å². The number of likely N-dealkylation sites (tertiary alicyclic amines) is 1. The first kappa shape index (κ1) is 23.0. The molecule has 2 heterocycles. The van der Waals surface area contributed by atoms with E-state index in [1.807, 2.05) is 11.8 Å². The van der Waals surface area contributed by atoms with E-state index in [0.717, 1.165) is 44.9 Å². The van der Waals surface area contributed by atoms with Crippen LogP contribution < -0.4 is 10.1 Å². The summed E-state index contributed by atoms with van der Waals surface area (Å²) < 4.78 is 33.4. The second-order valence-corrected chi connectivity index (χ2v) is 10.9. The molecule has 1 saturated carbocycles. The van der Waals surface area contributed by atoms with Crippen LogP contribution in [0.15, 0.2) is 23.1 Å². The molecule has 0 aromatic heterocycles. The minimum Gasteiger partial charge on any atom is -0.492 e. The lowest BCUT2D eigenvalue weighted by Gasteiger charge is -2.26. The highest BCUT2D eigenvalue weighted by Gasteiger charge is 2.39. The SMILES string of the molecule is CCOc1ccc(S(=O)(=O)N2CCCCC2)cc1NC(=O)C1CC(=O)N(C2CCCC2)C1. The molecule has 1 unspecified atom stereocenters. The number of anilines is 1. The number of carbonyl (C=O) groups excluding carboxylic acids is 2. The van der Waals surface area contributed by atoms with Crippen molar-refractivity contribution in [2.45, 2.75) is 69.2 Å². The fourth-order valence-corrected chi connectivity index (χ4v) is 6.56. The van der Waals surface area contributed by atoms with Gasteiger partial charge in [0.05, 0.1) is 23.1 Å². The first-order valence-corrected chi connectivity index (χ1v) is 13.2. The van der Waals surface area contributed by atoms with Crippen molar-refractivity contribution < 1.29 is 22.7 Å². The number of piperidine rings is 1. The molecule has 2 aliphatic heterocycles. The molecule has 176 valence electrons. The summed E-state index contributed by atoms with van der Waals surface area (Å²) >= 11 is 0. The Morgan fingerprint density at radius 1 is 1.12 bits per heavy atom. The van der Waals surface area contributed by atoms with Gasteiger partial charge in [0.25, 0.3) is 0 Å². The molecule has 3 aliphatic rings. The van der Waals surface area contributed by atoms with Gasteiger partial charge in [-0.1, -0.05) is 19.3 Å². The first-order chi connectivity index (χ1) is 15.4. The van der Waals surface area contributed by atoms with Gasteiger partial charge in [-0.05, 0) is 50.8 Å². The molecule has 1 aromatic carbocycles. The Hall–Kier alpha value is -2.13. The highest BCUT2D eigenvalue weighted by atomic mass is 32.2. The second-order valence-electron chi connectivity index (χ2n) is 8.93. The number of rotatable bonds is 7. The van der Waals surface area contributed by atoms with E-state index in [-0.39, 0.29) is 29.2 Å². The third-order valence-corrected chi connectivity index (χ3v) is 8.65. The number of carbonyl (C=O) groups is 2. The van der Waals surface area contributed by atoms with E-state index in [9.17, 15) is 18.0 Å². The lowest BCUT2D eigenvalue weighted by molar-refractivity contribution is -0.129. The third kappa shape index (κ3) is 4.78. The molecule has 1 aromatic rings. The molecule has 3 fully saturated rings. The Labute approximate surface area is 190 Å². The molecule has 0 bridgehead atoms. The molecule has 8 nitrogen and oxygen atoms in total. The van der Waals surface area contributed by atoms with Gasteiger partial charge in [-0.15, -0.1) is 0 Å². The van der Waals surface area contributed by atoms with E-state index < -0.39 is 15.9 Å². The van der Waals surface area contributed by atoms with Crippen LogP contribution in [-0.2, 0) is 19.6 Å². The Balaban J connectivity index is 1.52. The van der Waals surface area contributed by atoms with Crippen LogP contribution >= 0.6 is 0 Å². The zero-order valence-electron chi connectivity index (χ0n) is 18.7. The van der Waals surface area contributed by atoms with Gasteiger partial charge in [0.1, 0.15) is 5.75 Å². The van der Waals surface area contributed by atoms with Gasteiger partial charge in [-0.3, -0.25) is 9.59 Å². The highest BCUT2D eigenvalue weighted by Crippen LogP contribution is 2.33. The van der Waals surface area contributed by atoms with Crippen molar-refractivity contribution in [1.82, 2.24) is 9.21 Å². The van der Waals surface area contributed by atoms with Crippen LogP contribution in [0.4, 0.5) is 5.69 Å². The quantitative estimate of drug-likeness (QED) is 0.671. The topological polar surface area (TPSA) is 96.0 Å². The van der Waals surface area contributed by atoms with Crippen LogP contribution in [0.5, 0.6) is 5.75 Å². The molecule has 4 rings (SSSR count). The van der Waals surface area contributed by atoms with Crippen LogP contribution in [0.25, 0.3) is 0 Å². The van der Waals surface area contributed by atoms with Crippen molar-refractivity contribution in [2.75, 3.05) is 31.6 Å². The zero-order chi connectivity index (χ0) is 22.7. The van der Waals surface area contributed by atoms with Crippen LogP contribution in [-0.4, -0.2) is 61.7 Å². The number of ether oxygens (including phenoxy) is 1. The van der Waals surface area contributed by atoms with E-state index in [1.54, 1.807) is 6.07 Å². The van der Waals surface area contributed by atoms with Crippen LogP contribution in [0.2, 0.25) is 0 Å². The fourth-order valence-electron chi connectivity index (χ4n) is 5.01. The average Bonchev–Trinajstić information content (AvgIpc) is 3.45. The standard InChI is InChI=1S/C23H33N3O5S/c1-2-31-21-11-10-19(32(29,30)25-12-6-3-7-13-25)15-20(21)24-23(28)17-14-22(27)26(16-17)18-8-4-5-9-18/h10-11,15,17-18H,2-9,12-14,16H2,1H3,(H,24,28). The Bertz CT molecular complexity index is 952. The number of amides is 2. The van der Waals surface area contributed by atoms with Crippen molar-refractivity contribution in [3.63, 3.8) is 0 Å². The van der Waals surface area contributed by atoms with Gasteiger partial charge < -0.3 is 15.0 Å². The summed E-state index contributed by atoms with van der Waals surface area (Å²) in [7, 11) is -3.64. The van der Waals surface area contributed by atoms with Gasteiger partial charge in [0.15, 0.2) is 0 Å². The maximum Gasteiger partial charge on any atom is 0.243 e. The summed E-state index contributed by atoms with van der Waals surface area (Å²) in [6, 6.07) is 4.86. The van der Waals surface area contributed by atoms with Crippen molar-refractivity contribution >= 4 is 27.5 Å². The summed E-state index contributed by atoms with van der Waals surface area (Å²) in [5.74, 6) is -0.258. The second kappa shape index (κ2) is 9.79. The van der Waals surface area contributed by atoms with Crippen molar-refractivity contribution in [3.8, 4) is 5.75 Å². The monoisotopic (exact) mass is 463 g/mol. The summed E-state index contributed by atoms with van der Waals surface area (Å²) in [6.45, 7) is 3.67. The summed E-state index contributed by atoms with van der Waals surface area (Å²) in [5.41, 5.74) is 0.335. The minimum atomic E-state index is -3.64. The molecular formula is C23H33N3O5S. The molecule has 2 amide bonds. The van der Waals surface area contributed by atoms with Gasteiger partial charge in [0.2, 0.25) is 21.8 Å². The fraction of sp³-hybridized carbons (Fsp3) is 0.652. The Morgan fingerprint density at radius 3 is 2.53 bits per heavy atom. The molecular weight excluding hydrogens is 430 g/mol. The predicted octanol–water partition coefficient (Wildman–Crippen LogP) is 2.99. The van der Waals surface area contributed by atoms with Gasteiger partial charge >= 0.3 is 0 Å². The van der Waals surface area contributed by atoms with Crippen LogP contribution in [0, 0.1) is 5.92 Å². The predicted molar refractivity (Wildman–Crippen MR) is 121 cm³/mol. The summed E-state index contributed by atoms with van der Waals surface area (Å²) in [6.07, 6.45) is 7.20. The third-order valence-electron chi connectivity index (χ3n) is 6.76. The summed E-state index contributed by atoms with van der Waals surface area (Å²) in [5, 5.41) is 2.86. The summed E-state index contributed by atoms with van der Waals surface area (Å²) in [4.78, 5) is 27.5. The van der Waals surface area contributed by atoms with Gasteiger partial charge in [-0.25, -0.2) is 8.42 Å². The number of nitrogens with one attached hydrogen (secondary N) is 1. The van der Waals surface area contributed by atoms with E-state index in [4.69, 9.17) is 4.74 Å².